The largest absolute Gasteiger partial charge is 0.467 e. The number of nitrogens with zero attached hydrogens (tertiary/aromatic N) is 3. The Morgan fingerprint density at radius 1 is 1.29 bits per heavy atom. The molecule has 11 heteroatoms. The molecule has 2 aliphatic rings. The number of nitrogens with one attached hydrogen (secondary N) is 1. The molecule has 0 saturated heterocycles. The number of furan rings is 1. The number of nitro groups is 1. The second-order valence-corrected chi connectivity index (χ2v) is 8.32. The Labute approximate surface area is 199 Å². The monoisotopic (exact) mass is 482 g/mol. The number of thioether (sulfide) groups is 1. The number of benzene rings is 1. The van der Waals surface area contributed by atoms with E-state index in [1.807, 2.05) is 17.2 Å². The first kappa shape index (κ1) is 23.3. The Hall–Kier alpha value is -3.86. The molecule has 4 rings (SSSR count). The summed E-state index contributed by atoms with van der Waals surface area (Å²) in [7, 11) is 1.30. The molecule has 10 nitrogen and oxygen atoms in total. The maximum atomic E-state index is 12.8. The molecule has 1 aromatic carbocycles. The molecule has 0 fully saturated rings. The van der Waals surface area contributed by atoms with Crippen LogP contribution in [-0.4, -0.2) is 34.0 Å². The number of carbonyl (C=O) groups is 2. The van der Waals surface area contributed by atoms with Crippen LogP contribution in [0.15, 0.2) is 74.4 Å². The van der Waals surface area contributed by atoms with Gasteiger partial charge in [0, 0.05) is 17.8 Å². The highest BCUT2D eigenvalue weighted by atomic mass is 32.2. The SMILES string of the molecule is CCC1=C(C(=O)OC)C(c2ccc([N+](=O)[O-])cc2)N2C(CC(=O)NCc3ccco3)=CSC2=N1. The highest BCUT2D eigenvalue weighted by Crippen LogP contribution is 2.45. The van der Waals surface area contributed by atoms with Gasteiger partial charge < -0.3 is 19.4 Å². The van der Waals surface area contributed by atoms with E-state index in [2.05, 4.69) is 10.3 Å². The molecular weight excluding hydrogens is 460 g/mol. The van der Waals surface area contributed by atoms with Crippen LogP contribution < -0.4 is 5.32 Å². The molecule has 1 N–H and O–H groups in total. The number of amides is 1. The number of rotatable bonds is 8. The van der Waals surface area contributed by atoms with Gasteiger partial charge in [-0.25, -0.2) is 9.79 Å². The summed E-state index contributed by atoms with van der Waals surface area (Å²) in [5.41, 5.74) is 2.16. The summed E-state index contributed by atoms with van der Waals surface area (Å²) in [4.78, 5) is 42.7. The summed E-state index contributed by atoms with van der Waals surface area (Å²) in [6, 6.07) is 8.88. The molecule has 2 aliphatic heterocycles. The number of hydrogen-bond donors (Lipinski definition) is 1. The lowest BCUT2D eigenvalue weighted by atomic mass is 9.92. The van der Waals surface area contributed by atoms with Crippen molar-refractivity contribution in [1.29, 1.82) is 0 Å². The van der Waals surface area contributed by atoms with Gasteiger partial charge in [0.25, 0.3) is 5.69 Å². The number of fused-ring (bicyclic) bond motifs is 1. The van der Waals surface area contributed by atoms with Gasteiger partial charge in [-0.2, -0.15) is 0 Å². The van der Waals surface area contributed by atoms with Crippen molar-refractivity contribution in [3.05, 3.63) is 86.5 Å². The zero-order valence-electron chi connectivity index (χ0n) is 18.5. The van der Waals surface area contributed by atoms with Crippen molar-refractivity contribution < 1.29 is 23.7 Å². The first-order chi connectivity index (χ1) is 16.4. The molecule has 1 unspecified atom stereocenters. The molecule has 1 atom stereocenters. The number of nitro benzene ring substituents is 1. The average molecular weight is 483 g/mol. The number of carbonyl (C=O) groups excluding carboxylic acids is 2. The average Bonchev–Trinajstić information content (AvgIpc) is 3.51. The zero-order chi connectivity index (χ0) is 24.2. The van der Waals surface area contributed by atoms with Gasteiger partial charge in [-0.1, -0.05) is 18.7 Å². The maximum absolute atomic E-state index is 12.8. The Kier molecular flexibility index (Phi) is 6.82. The van der Waals surface area contributed by atoms with Gasteiger partial charge in [-0.3, -0.25) is 14.9 Å². The molecule has 1 aromatic heterocycles. The molecule has 2 aromatic rings. The van der Waals surface area contributed by atoms with Gasteiger partial charge in [0.1, 0.15) is 5.76 Å². The standard InChI is InChI=1S/C23H22N4O6S/c1-3-18-20(22(29)32-2)21(14-6-8-15(9-7-14)27(30)31)26-16(13-34-23(26)25-18)11-19(28)24-12-17-5-4-10-33-17/h4-10,13,21H,3,11-12H2,1-2H3,(H,24,28). The molecule has 0 aliphatic carbocycles. The predicted molar refractivity (Wildman–Crippen MR) is 125 cm³/mol. The van der Waals surface area contributed by atoms with Crippen LogP contribution in [0.5, 0.6) is 0 Å². The van der Waals surface area contributed by atoms with E-state index in [0.29, 0.717) is 39.9 Å². The number of aliphatic imine (C=N–C) groups is 1. The van der Waals surface area contributed by atoms with E-state index < -0.39 is 16.9 Å². The van der Waals surface area contributed by atoms with Crippen molar-refractivity contribution in [3.63, 3.8) is 0 Å². The van der Waals surface area contributed by atoms with Crippen molar-refractivity contribution >= 4 is 34.5 Å². The molecule has 0 radical (unpaired) electrons. The third-order valence-corrected chi connectivity index (χ3v) is 6.32. The fourth-order valence-corrected chi connectivity index (χ4v) is 4.77. The lowest BCUT2D eigenvalue weighted by Crippen LogP contribution is -2.38. The van der Waals surface area contributed by atoms with Crippen LogP contribution >= 0.6 is 11.8 Å². The quantitative estimate of drug-likeness (QED) is 0.339. The van der Waals surface area contributed by atoms with Crippen LogP contribution in [0.2, 0.25) is 0 Å². The molecule has 0 spiro atoms. The minimum absolute atomic E-state index is 0.0477. The Bertz CT molecular complexity index is 1200. The van der Waals surface area contributed by atoms with Gasteiger partial charge in [0.15, 0.2) is 5.17 Å². The third kappa shape index (κ3) is 4.60. The smallest absolute Gasteiger partial charge is 0.338 e. The summed E-state index contributed by atoms with van der Waals surface area (Å²) in [5.74, 6) is -0.131. The number of hydrogen-bond acceptors (Lipinski definition) is 9. The zero-order valence-corrected chi connectivity index (χ0v) is 19.3. The van der Waals surface area contributed by atoms with Crippen LogP contribution in [0.1, 0.15) is 37.1 Å². The number of amidine groups is 1. The number of non-ortho nitro benzene ring substituents is 1. The van der Waals surface area contributed by atoms with Crippen molar-refractivity contribution in [2.75, 3.05) is 7.11 Å². The molecule has 0 bridgehead atoms. The molecule has 1 amide bonds. The summed E-state index contributed by atoms with van der Waals surface area (Å²) in [5, 5.41) is 16.4. The summed E-state index contributed by atoms with van der Waals surface area (Å²) in [6.45, 7) is 2.15. The Balaban J connectivity index is 1.66. The number of allylic oxidation sites excluding steroid dienone is 1. The van der Waals surface area contributed by atoms with Gasteiger partial charge in [-0.05, 0) is 41.7 Å². The van der Waals surface area contributed by atoms with E-state index in [1.54, 1.807) is 24.3 Å². The van der Waals surface area contributed by atoms with Gasteiger partial charge >= 0.3 is 5.97 Å². The number of methoxy groups -OCH3 is 1. The van der Waals surface area contributed by atoms with Crippen LogP contribution in [0.4, 0.5) is 5.69 Å². The molecule has 176 valence electrons. The van der Waals surface area contributed by atoms with Crippen molar-refractivity contribution in [1.82, 2.24) is 10.2 Å². The van der Waals surface area contributed by atoms with Crippen molar-refractivity contribution in [2.24, 2.45) is 4.99 Å². The van der Waals surface area contributed by atoms with E-state index in [4.69, 9.17) is 9.15 Å². The second-order valence-electron chi connectivity index (χ2n) is 7.48. The van der Waals surface area contributed by atoms with E-state index >= 15 is 0 Å². The molecule has 34 heavy (non-hydrogen) atoms. The molecule has 0 saturated carbocycles. The third-order valence-electron chi connectivity index (χ3n) is 5.43. The van der Waals surface area contributed by atoms with Crippen molar-refractivity contribution in [3.8, 4) is 0 Å². The van der Waals surface area contributed by atoms with Crippen LogP contribution in [-0.2, 0) is 20.9 Å². The normalized spacial score (nSPS) is 17.1. The van der Waals surface area contributed by atoms with Gasteiger partial charge in [0.2, 0.25) is 5.91 Å². The van der Waals surface area contributed by atoms with E-state index in [9.17, 15) is 19.7 Å². The molecular formula is C23H22N4O6S. The minimum Gasteiger partial charge on any atom is -0.467 e. The highest BCUT2D eigenvalue weighted by molar-refractivity contribution is 8.16. The van der Waals surface area contributed by atoms with Crippen molar-refractivity contribution in [2.45, 2.75) is 32.4 Å². The topological polar surface area (TPSA) is 127 Å². The van der Waals surface area contributed by atoms with Crippen LogP contribution in [0.3, 0.4) is 0 Å². The lowest BCUT2D eigenvalue weighted by Gasteiger charge is -2.36. The minimum atomic E-state index is -0.644. The maximum Gasteiger partial charge on any atom is 0.338 e. The fraction of sp³-hybridized carbons (Fsp3) is 0.261. The Morgan fingerprint density at radius 3 is 2.68 bits per heavy atom. The first-order valence-corrected chi connectivity index (χ1v) is 11.4. The highest BCUT2D eigenvalue weighted by Gasteiger charge is 2.41. The van der Waals surface area contributed by atoms with Gasteiger partial charge in [0.05, 0.1) is 48.6 Å². The van der Waals surface area contributed by atoms with Gasteiger partial charge in [-0.15, -0.1) is 0 Å². The summed E-state index contributed by atoms with van der Waals surface area (Å²) in [6.07, 6.45) is 2.08. The van der Waals surface area contributed by atoms with E-state index in [-0.39, 0.29) is 24.6 Å². The van der Waals surface area contributed by atoms with Crippen LogP contribution in [0, 0.1) is 10.1 Å². The van der Waals surface area contributed by atoms with E-state index in [1.165, 1.54) is 37.3 Å². The summed E-state index contributed by atoms with van der Waals surface area (Å²) < 4.78 is 10.3. The second kappa shape index (κ2) is 9.96. The lowest BCUT2D eigenvalue weighted by molar-refractivity contribution is -0.384. The summed E-state index contributed by atoms with van der Waals surface area (Å²) >= 11 is 1.36. The first-order valence-electron chi connectivity index (χ1n) is 10.5. The van der Waals surface area contributed by atoms with Crippen LogP contribution in [0.25, 0.3) is 0 Å². The number of ether oxygens (including phenoxy) is 1. The Morgan fingerprint density at radius 2 is 2.06 bits per heavy atom. The number of esters is 1. The molecule has 3 heterocycles. The predicted octanol–water partition coefficient (Wildman–Crippen LogP) is 4.03. The van der Waals surface area contributed by atoms with E-state index in [0.717, 1.165) is 0 Å². The fourth-order valence-electron chi connectivity index (χ4n) is 3.83.